The maximum Gasteiger partial charge on any atom is 0.183 e. The standard InChI is InChI=1S/C9H8N4S2/c10-2-1-3-11-9-13-8(5-15-9)7-4-14-6-12-7/h4-6H,1,3H2,(H,11,13). The Bertz CT molecular complexity index is 455. The van der Waals surface area contributed by atoms with Crippen molar-refractivity contribution < 1.29 is 0 Å². The molecule has 0 amide bonds. The van der Waals surface area contributed by atoms with Gasteiger partial charge in [0.15, 0.2) is 5.13 Å². The molecule has 0 spiro atoms. The van der Waals surface area contributed by atoms with E-state index in [4.69, 9.17) is 5.26 Å². The summed E-state index contributed by atoms with van der Waals surface area (Å²) in [5.41, 5.74) is 3.59. The van der Waals surface area contributed by atoms with E-state index in [1.807, 2.05) is 10.8 Å². The smallest absolute Gasteiger partial charge is 0.183 e. The molecule has 0 saturated carbocycles. The Balaban J connectivity index is 2.02. The van der Waals surface area contributed by atoms with Crippen LogP contribution in [-0.2, 0) is 0 Å². The molecule has 0 aliphatic heterocycles. The summed E-state index contributed by atoms with van der Waals surface area (Å²) >= 11 is 3.09. The molecule has 2 rings (SSSR count). The number of hydrogen-bond acceptors (Lipinski definition) is 6. The van der Waals surface area contributed by atoms with Crippen molar-refractivity contribution in [3.8, 4) is 17.5 Å². The van der Waals surface area contributed by atoms with Crippen LogP contribution in [0.4, 0.5) is 5.13 Å². The van der Waals surface area contributed by atoms with E-state index in [0.717, 1.165) is 16.5 Å². The third kappa shape index (κ3) is 2.52. The van der Waals surface area contributed by atoms with Crippen LogP contribution in [0.25, 0.3) is 11.4 Å². The van der Waals surface area contributed by atoms with Crippen molar-refractivity contribution in [3.05, 3.63) is 16.3 Å². The predicted octanol–water partition coefficient (Wildman–Crippen LogP) is 2.59. The van der Waals surface area contributed by atoms with E-state index in [9.17, 15) is 0 Å². The number of hydrogen-bond donors (Lipinski definition) is 1. The van der Waals surface area contributed by atoms with Crippen molar-refractivity contribution in [1.29, 1.82) is 5.26 Å². The van der Waals surface area contributed by atoms with E-state index in [0.29, 0.717) is 13.0 Å². The van der Waals surface area contributed by atoms with Crippen molar-refractivity contribution in [1.82, 2.24) is 9.97 Å². The number of nitrogens with zero attached hydrogens (tertiary/aromatic N) is 3. The van der Waals surface area contributed by atoms with Gasteiger partial charge in [0, 0.05) is 17.3 Å². The van der Waals surface area contributed by atoms with E-state index in [2.05, 4.69) is 21.4 Å². The number of thiazole rings is 2. The molecule has 0 radical (unpaired) electrons. The Morgan fingerprint density at radius 3 is 3.07 bits per heavy atom. The van der Waals surface area contributed by atoms with Gasteiger partial charge in [-0.25, -0.2) is 9.97 Å². The van der Waals surface area contributed by atoms with Crippen LogP contribution in [0.3, 0.4) is 0 Å². The van der Waals surface area contributed by atoms with E-state index in [1.54, 1.807) is 16.8 Å². The van der Waals surface area contributed by atoms with Gasteiger partial charge < -0.3 is 5.32 Å². The molecular weight excluding hydrogens is 228 g/mol. The lowest BCUT2D eigenvalue weighted by Gasteiger charge is -1.95. The molecule has 0 aromatic carbocycles. The highest BCUT2D eigenvalue weighted by Crippen LogP contribution is 2.24. The lowest BCUT2D eigenvalue weighted by atomic mass is 10.4. The molecule has 0 saturated heterocycles. The van der Waals surface area contributed by atoms with Crippen LogP contribution in [0, 0.1) is 11.3 Å². The molecule has 0 bridgehead atoms. The molecule has 1 N–H and O–H groups in total. The lowest BCUT2D eigenvalue weighted by molar-refractivity contribution is 1.07. The van der Waals surface area contributed by atoms with Gasteiger partial charge >= 0.3 is 0 Å². The summed E-state index contributed by atoms with van der Waals surface area (Å²) in [6.45, 7) is 0.639. The van der Waals surface area contributed by atoms with E-state index in [-0.39, 0.29) is 0 Å². The SMILES string of the molecule is N#CCCNc1nc(-c2cscn2)cs1. The van der Waals surface area contributed by atoms with Crippen LogP contribution >= 0.6 is 22.7 Å². The Hall–Kier alpha value is -1.45. The van der Waals surface area contributed by atoms with Crippen LogP contribution in [0.1, 0.15) is 6.42 Å². The Labute approximate surface area is 95.2 Å². The first kappa shape index (κ1) is 10.1. The largest absolute Gasteiger partial charge is 0.360 e. The van der Waals surface area contributed by atoms with Gasteiger partial charge in [-0.2, -0.15) is 5.26 Å². The van der Waals surface area contributed by atoms with Crippen molar-refractivity contribution >= 4 is 27.8 Å². The average molecular weight is 236 g/mol. The van der Waals surface area contributed by atoms with Gasteiger partial charge in [0.05, 0.1) is 18.0 Å². The molecule has 15 heavy (non-hydrogen) atoms. The molecule has 6 heteroatoms. The van der Waals surface area contributed by atoms with E-state index in [1.165, 1.54) is 11.3 Å². The quantitative estimate of drug-likeness (QED) is 0.829. The van der Waals surface area contributed by atoms with Crippen LogP contribution in [-0.4, -0.2) is 16.5 Å². The molecule has 0 atom stereocenters. The minimum absolute atomic E-state index is 0.492. The second-order valence-corrected chi connectivity index (χ2v) is 4.32. The second-order valence-electron chi connectivity index (χ2n) is 2.75. The Morgan fingerprint density at radius 1 is 1.40 bits per heavy atom. The molecule has 2 aromatic rings. The minimum atomic E-state index is 0.492. The molecule has 0 aliphatic carbocycles. The molecule has 2 aromatic heterocycles. The number of nitriles is 1. The van der Waals surface area contributed by atoms with Crippen molar-refractivity contribution in [3.63, 3.8) is 0 Å². The van der Waals surface area contributed by atoms with Crippen LogP contribution in [0.5, 0.6) is 0 Å². The first-order valence-corrected chi connectivity index (χ1v) is 6.17. The number of anilines is 1. The molecule has 4 nitrogen and oxygen atoms in total. The third-order valence-corrected chi connectivity index (χ3v) is 3.10. The summed E-state index contributed by atoms with van der Waals surface area (Å²) in [5, 5.41) is 16.2. The highest BCUT2D eigenvalue weighted by molar-refractivity contribution is 7.14. The molecule has 0 unspecified atom stereocenters. The molecule has 0 fully saturated rings. The zero-order valence-corrected chi connectivity index (χ0v) is 9.44. The minimum Gasteiger partial charge on any atom is -0.360 e. The van der Waals surface area contributed by atoms with Crippen molar-refractivity contribution in [2.24, 2.45) is 0 Å². The first-order valence-electron chi connectivity index (χ1n) is 4.35. The topological polar surface area (TPSA) is 61.6 Å². The van der Waals surface area contributed by atoms with Crippen molar-refractivity contribution in [2.45, 2.75) is 6.42 Å². The highest BCUT2D eigenvalue weighted by atomic mass is 32.1. The number of nitrogens with one attached hydrogen (secondary N) is 1. The fourth-order valence-electron chi connectivity index (χ4n) is 1.04. The Kier molecular flexibility index (Phi) is 3.27. The maximum absolute atomic E-state index is 8.38. The predicted molar refractivity (Wildman–Crippen MR) is 61.9 cm³/mol. The van der Waals surface area contributed by atoms with Gasteiger partial charge in [-0.05, 0) is 0 Å². The second kappa shape index (κ2) is 4.87. The van der Waals surface area contributed by atoms with Gasteiger partial charge in [0.2, 0.25) is 0 Å². The maximum atomic E-state index is 8.38. The summed E-state index contributed by atoms with van der Waals surface area (Å²) in [6.07, 6.45) is 0.492. The van der Waals surface area contributed by atoms with Crippen LogP contribution < -0.4 is 5.32 Å². The monoisotopic (exact) mass is 236 g/mol. The molecule has 2 heterocycles. The van der Waals surface area contributed by atoms with Gasteiger partial charge in [-0.3, -0.25) is 0 Å². The van der Waals surface area contributed by atoms with Crippen molar-refractivity contribution in [2.75, 3.05) is 11.9 Å². The molecular formula is C9H8N4S2. The number of aromatic nitrogens is 2. The number of rotatable bonds is 4. The fourth-order valence-corrected chi connectivity index (χ4v) is 2.32. The van der Waals surface area contributed by atoms with Gasteiger partial charge in [-0.1, -0.05) is 0 Å². The summed E-state index contributed by atoms with van der Waals surface area (Å²) in [7, 11) is 0. The first-order chi connectivity index (χ1) is 7.40. The average Bonchev–Trinajstić information content (AvgIpc) is 2.87. The normalized spacial score (nSPS) is 9.80. The van der Waals surface area contributed by atoms with Gasteiger partial charge in [0.1, 0.15) is 11.4 Å². The van der Waals surface area contributed by atoms with Crippen LogP contribution in [0.15, 0.2) is 16.3 Å². The van der Waals surface area contributed by atoms with Gasteiger partial charge in [-0.15, -0.1) is 22.7 Å². The molecule has 76 valence electrons. The molecule has 0 aliphatic rings. The summed E-state index contributed by atoms with van der Waals surface area (Å²) in [5.74, 6) is 0. The third-order valence-electron chi connectivity index (χ3n) is 1.71. The summed E-state index contributed by atoms with van der Waals surface area (Å²) in [6, 6.07) is 2.08. The van der Waals surface area contributed by atoms with E-state index < -0.39 is 0 Å². The zero-order chi connectivity index (χ0) is 10.5. The lowest BCUT2D eigenvalue weighted by Crippen LogP contribution is -1.99. The summed E-state index contributed by atoms with van der Waals surface area (Å²) < 4.78 is 0. The summed E-state index contributed by atoms with van der Waals surface area (Å²) in [4.78, 5) is 8.55. The van der Waals surface area contributed by atoms with Gasteiger partial charge in [0.25, 0.3) is 0 Å². The highest BCUT2D eigenvalue weighted by Gasteiger charge is 2.05. The Morgan fingerprint density at radius 2 is 2.33 bits per heavy atom. The van der Waals surface area contributed by atoms with Crippen LogP contribution in [0.2, 0.25) is 0 Å². The fraction of sp³-hybridized carbons (Fsp3) is 0.222. The zero-order valence-electron chi connectivity index (χ0n) is 7.80. The van der Waals surface area contributed by atoms with E-state index >= 15 is 0 Å².